The van der Waals surface area contributed by atoms with Crippen LogP contribution < -0.4 is 14.2 Å². The van der Waals surface area contributed by atoms with E-state index >= 15 is 0 Å². The molecule has 2 atom stereocenters. The predicted octanol–water partition coefficient (Wildman–Crippen LogP) is 5.60. The molecule has 7 heteroatoms. The number of esters is 1. The number of carbonyl (C=O) groups is 1. The molecule has 0 saturated carbocycles. The van der Waals surface area contributed by atoms with Crippen LogP contribution in [0.5, 0.6) is 23.0 Å². The van der Waals surface area contributed by atoms with Gasteiger partial charge < -0.3 is 18.9 Å². The molecule has 1 unspecified atom stereocenters. The summed E-state index contributed by atoms with van der Waals surface area (Å²) in [6.07, 6.45) is 0.956. The second-order valence-corrected chi connectivity index (χ2v) is 8.28. The lowest BCUT2D eigenvalue weighted by Gasteiger charge is -2.17. The van der Waals surface area contributed by atoms with Crippen LogP contribution in [0.1, 0.15) is 47.1 Å². The summed E-state index contributed by atoms with van der Waals surface area (Å²) in [7, 11) is 1.37. The van der Waals surface area contributed by atoms with Gasteiger partial charge in [0.25, 0.3) is 0 Å². The lowest BCUT2D eigenvalue weighted by Crippen LogP contribution is -2.09. The van der Waals surface area contributed by atoms with Gasteiger partial charge in [-0.05, 0) is 43.2 Å². The van der Waals surface area contributed by atoms with Gasteiger partial charge in [-0.15, -0.1) is 0 Å². The highest BCUT2D eigenvalue weighted by molar-refractivity contribution is 5.71. The monoisotopic (exact) mass is 459 g/mol. The minimum Gasteiger partial charge on any atom is -0.492 e. The Morgan fingerprint density at radius 3 is 2.85 bits per heavy atom. The van der Waals surface area contributed by atoms with E-state index in [0.717, 1.165) is 11.1 Å². The van der Waals surface area contributed by atoms with Gasteiger partial charge >= 0.3 is 5.97 Å². The zero-order chi connectivity index (χ0) is 23.7. The summed E-state index contributed by atoms with van der Waals surface area (Å²) in [6.45, 7) is 0.402. The van der Waals surface area contributed by atoms with Gasteiger partial charge in [-0.3, -0.25) is 4.79 Å². The zero-order valence-corrected chi connectivity index (χ0v) is 18.5. The van der Waals surface area contributed by atoms with Crippen LogP contribution in [0.2, 0.25) is 0 Å². The maximum atomic E-state index is 14.9. The van der Waals surface area contributed by atoms with Gasteiger partial charge in [0.15, 0.2) is 0 Å². The van der Waals surface area contributed by atoms with Crippen molar-refractivity contribution in [2.75, 3.05) is 13.7 Å². The Labute approximate surface area is 196 Å². The van der Waals surface area contributed by atoms with E-state index in [1.165, 1.54) is 13.2 Å². The first kappa shape index (κ1) is 21.8. The van der Waals surface area contributed by atoms with Crippen LogP contribution in [0, 0.1) is 17.1 Å². The van der Waals surface area contributed by atoms with Crippen LogP contribution >= 0.6 is 0 Å². The number of hydrogen-bond acceptors (Lipinski definition) is 6. The summed E-state index contributed by atoms with van der Waals surface area (Å²) in [4.78, 5) is 11.6. The molecule has 172 valence electrons. The van der Waals surface area contributed by atoms with Crippen molar-refractivity contribution in [3.05, 3.63) is 82.7 Å². The van der Waals surface area contributed by atoms with E-state index in [2.05, 4.69) is 6.07 Å². The molecule has 3 aromatic carbocycles. The first-order chi connectivity index (χ1) is 16.6. The van der Waals surface area contributed by atoms with Crippen LogP contribution in [0.25, 0.3) is 0 Å². The molecule has 1 aliphatic heterocycles. The number of benzene rings is 3. The van der Waals surface area contributed by atoms with E-state index in [1.807, 2.05) is 12.1 Å². The van der Waals surface area contributed by atoms with Crippen molar-refractivity contribution in [1.29, 1.82) is 5.26 Å². The maximum absolute atomic E-state index is 14.9. The molecule has 0 fully saturated rings. The van der Waals surface area contributed by atoms with Gasteiger partial charge in [0, 0.05) is 28.7 Å². The highest BCUT2D eigenvalue weighted by Crippen LogP contribution is 2.44. The standard InChI is InChI=1S/C27H22FNO5/c1-31-26(30)12-17-15-32-25-13-18(6-7-19(17)25)33-24-10-8-20-23(11-9-21(28)27(20)24)34-22-5-3-2-4-16(22)14-29/h2-7,9,11,13,17,24H,8,10,12,15H2,1H3/t17?,24-/m1/s1. The van der Waals surface area contributed by atoms with Crippen LogP contribution in [0.15, 0.2) is 54.6 Å². The fraction of sp³-hybridized carbons (Fsp3) is 0.259. The van der Waals surface area contributed by atoms with Gasteiger partial charge in [0.05, 0.1) is 25.7 Å². The topological polar surface area (TPSA) is 77.8 Å². The molecule has 0 saturated heterocycles. The van der Waals surface area contributed by atoms with Crippen LogP contribution in [-0.4, -0.2) is 19.7 Å². The summed E-state index contributed by atoms with van der Waals surface area (Å²) in [5, 5.41) is 9.34. The van der Waals surface area contributed by atoms with Crippen molar-refractivity contribution in [3.63, 3.8) is 0 Å². The van der Waals surface area contributed by atoms with Crippen molar-refractivity contribution in [1.82, 2.24) is 0 Å². The smallest absolute Gasteiger partial charge is 0.306 e. The molecule has 1 aliphatic carbocycles. The number of para-hydroxylation sites is 1. The Bertz CT molecular complexity index is 1300. The van der Waals surface area contributed by atoms with E-state index in [0.29, 0.717) is 53.6 Å². The minimum atomic E-state index is -0.477. The normalized spacial score (nSPS) is 17.8. The second-order valence-electron chi connectivity index (χ2n) is 8.28. The SMILES string of the molecule is COC(=O)CC1COc2cc(O[C@@H]3CCc4c(Oc5ccccc5C#N)ccc(F)c43)ccc21. The Morgan fingerprint density at radius 1 is 1.18 bits per heavy atom. The maximum Gasteiger partial charge on any atom is 0.306 e. The Kier molecular flexibility index (Phi) is 5.81. The lowest BCUT2D eigenvalue weighted by atomic mass is 9.98. The predicted molar refractivity (Wildman–Crippen MR) is 121 cm³/mol. The van der Waals surface area contributed by atoms with Crippen molar-refractivity contribution in [2.24, 2.45) is 0 Å². The molecule has 2 aliphatic rings. The lowest BCUT2D eigenvalue weighted by molar-refractivity contribution is -0.141. The largest absolute Gasteiger partial charge is 0.492 e. The number of hydrogen-bond donors (Lipinski definition) is 0. The second kappa shape index (κ2) is 9.06. The van der Waals surface area contributed by atoms with Crippen molar-refractivity contribution >= 4 is 5.97 Å². The molecule has 3 aromatic rings. The summed E-state index contributed by atoms with van der Waals surface area (Å²) in [5.41, 5.74) is 2.56. The van der Waals surface area contributed by atoms with Gasteiger partial charge in [0.2, 0.25) is 0 Å². The van der Waals surface area contributed by atoms with Gasteiger partial charge in [-0.2, -0.15) is 5.26 Å². The zero-order valence-electron chi connectivity index (χ0n) is 18.5. The van der Waals surface area contributed by atoms with E-state index in [4.69, 9.17) is 18.9 Å². The van der Waals surface area contributed by atoms with E-state index in [-0.39, 0.29) is 24.1 Å². The van der Waals surface area contributed by atoms with Crippen LogP contribution in [-0.2, 0) is 16.0 Å². The average Bonchev–Trinajstić information content (AvgIpc) is 3.46. The van der Waals surface area contributed by atoms with E-state index < -0.39 is 6.10 Å². The van der Waals surface area contributed by atoms with Gasteiger partial charge in [-0.1, -0.05) is 18.2 Å². The van der Waals surface area contributed by atoms with Crippen LogP contribution in [0.4, 0.5) is 4.39 Å². The molecule has 34 heavy (non-hydrogen) atoms. The Morgan fingerprint density at radius 2 is 2.03 bits per heavy atom. The Balaban J connectivity index is 1.37. The summed E-state index contributed by atoms with van der Waals surface area (Å²) in [6, 6.07) is 17.5. The molecule has 6 nitrogen and oxygen atoms in total. The fourth-order valence-corrected chi connectivity index (χ4v) is 4.57. The summed E-state index contributed by atoms with van der Waals surface area (Å²) in [5.74, 6) is 1.49. The third-order valence-corrected chi connectivity index (χ3v) is 6.25. The van der Waals surface area contributed by atoms with Gasteiger partial charge in [0.1, 0.15) is 41.0 Å². The fourth-order valence-electron chi connectivity index (χ4n) is 4.57. The number of ether oxygens (including phenoxy) is 4. The number of halogens is 1. The van der Waals surface area contributed by atoms with Crippen molar-refractivity contribution < 1.29 is 28.1 Å². The first-order valence-corrected chi connectivity index (χ1v) is 11.1. The first-order valence-electron chi connectivity index (χ1n) is 11.1. The minimum absolute atomic E-state index is 0.0582. The number of methoxy groups -OCH3 is 1. The quantitative estimate of drug-likeness (QED) is 0.447. The molecule has 0 amide bonds. The van der Waals surface area contributed by atoms with Crippen LogP contribution in [0.3, 0.4) is 0 Å². The highest BCUT2D eigenvalue weighted by atomic mass is 19.1. The molecule has 5 rings (SSSR count). The summed E-state index contributed by atoms with van der Waals surface area (Å²) >= 11 is 0. The van der Waals surface area contributed by atoms with E-state index in [9.17, 15) is 14.4 Å². The van der Waals surface area contributed by atoms with Crippen molar-refractivity contribution in [3.8, 4) is 29.1 Å². The molecule has 0 aromatic heterocycles. The average molecular weight is 459 g/mol. The molecular weight excluding hydrogens is 437 g/mol. The number of nitriles is 1. The Hall–Kier alpha value is -4.05. The number of rotatable bonds is 6. The number of carbonyl (C=O) groups excluding carboxylic acids is 1. The molecule has 0 N–H and O–H groups in total. The van der Waals surface area contributed by atoms with Gasteiger partial charge in [-0.25, -0.2) is 4.39 Å². The molecule has 0 spiro atoms. The highest BCUT2D eigenvalue weighted by Gasteiger charge is 2.32. The third-order valence-electron chi connectivity index (χ3n) is 6.25. The third kappa shape index (κ3) is 4.03. The molecular formula is C27H22FNO5. The summed E-state index contributed by atoms with van der Waals surface area (Å²) < 4.78 is 37.6. The number of nitrogens with zero attached hydrogens (tertiary/aromatic N) is 1. The van der Waals surface area contributed by atoms with E-state index in [1.54, 1.807) is 36.4 Å². The molecule has 1 heterocycles. The molecule has 0 bridgehead atoms. The number of fused-ring (bicyclic) bond motifs is 2. The molecule has 0 radical (unpaired) electrons. The van der Waals surface area contributed by atoms with Crippen molar-refractivity contribution in [2.45, 2.75) is 31.3 Å².